The highest BCUT2D eigenvalue weighted by Gasteiger charge is 2.00. The van der Waals surface area contributed by atoms with Crippen LogP contribution in [0.5, 0.6) is 5.75 Å². The Labute approximate surface area is 118 Å². The molecule has 1 N–H and O–H groups in total. The zero-order valence-corrected chi connectivity index (χ0v) is 12.0. The molecule has 0 bridgehead atoms. The summed E-state index contributed by atoms with van der Waals surface area (Å²) < 4.78 is 5.72. The van der Waals surface area contributed by atoms with Gasteiger partial charge in [-0.25, -0.2) is 0 Å². The molecule has 0 aliphatic heterocycles. The molecule has 0 saturated heterocycles. The van der Waals surface area contributed by atoms with Crippen LogP contribution in [0, 0.1) is 0 Å². The molecule has 19 heavy (non-hydrogen) atoms. The summed E-state index contributed by atoms with van der Waals surface area (Å²) in [6.45, 7) is 2.53. The summed E-state index contributed by atoms with van der Waals surface area (Å²) >= 11 is 1.72. The van der Waals surface area contributed by atoms with Gasteiger partial charge in [0.05, 0.1) is 12.7 Å². The quantitative estimate of drug-likeness (QED) is 0.836. The summed E-state index contributed by atoms with van der Waals surface area (Å²) in [6, 6.07) is 10.3. The van der Waals surface area contributed by atoms with Crippen LogP contribution in [0.15, 0.2) is 41.1 Å². The van der Waals surface area contributed by atoms with Crippen molar-refractivity contribution >= 4 is 11.3 Å². The van der Waals surface area contributed by atoms with E-state index in [0.717, 1.165) is 25.0 Å². The van der Waals surface area contributed by atoms with Gasteiger partial charge in [-0.2, -0.15) is 11.3 Å². The van der Waals surface area contributed by atoms with Crippen molar-refractivity contribution in [1.82, 2.24) is 0 Å². The number of rotatable bonds is 7. The summed E-state index contributed by atoms with van der Waals surface area (Å²) in [7, 11) is 0. The summed E-state index contributed by atoms with van der Waals surface area (Å²) in [6.07, 6.45) is 2.43. The van der Waals surface area contributed by atoms with Crippen molar-refractivity contribution in [3.05, 3.63) is 52.2 Å². The van der Waals surface area contributed by atoms with Crippen LogP contribution in [0.1, 0.15) is 24.5 Å². The number of thiophene rings is 1. The first kappa shape index (κ1) is 14.1. The van der Waals surface area contributed by atoms with Crippen molar-refractivity contribution in [2.24, 2.45) is 0 Å². The van der Waals surface area contributed by atoms with E-state index in [1.807, 2.05) is 19.1 Å². The van der Waals surface area contributed by atoms with Crippen molar-refractivity contribution in [3.63, 3.8) is 0 Å². The third kappa shape index (κ3) is 5.05. The topological polar surface area (TPSA) is 29.5 Å². The van der Waals surface area contributed by atoms with Gasteiger partial charge in [-0.3, -0.25) is 0 Å². The predicted octanol–water partition coefficient (Wildman–Crippen LogP) is 3.68. The Balaban J connectivity index is 1.75. The van der Waals surface area contributed by atoms with Crippen molar-refractivity contribution < 1.29 is 9.84 Å². The molecule has 0 aliphatic rings. The molecular formula is C16H20O2S. The van der Waals surface area contributed by atoms with Gasteiger partial charge in [0.15, 0.2) is 0 Å². The maximum Gasteiger partial charge on any atom is 0.119 e. The van der Waals surface area contributed by atoms with E-state index in [1.165, 1.54) is 11.1 Å². The van der Waals surface area contributed by atoms with Gasteiger partial charge < -0.3 is 9.84 Å². The Morgan fingerprint density at radius 2 is 1.89 bits per heavy atom. The van der Waals surface area contributed by atoms with E-state index < -0.39 is 0 Å². The molecule has 102 valence electrons. The first-order valence-corrected chi connectivity index (χ1v) is 7.59. The maximum atomic E-state index is 9.25. The summed E-state index contributed by atoms with van der Waals surface area (Å²) in [4.78, 5) is 0. The van der Waals surface area contributed by atoms with Gasteiger partial charge in [0.2, 0.25) is 0 Å². The Morgan fingerprint density at radius 3 is 2.53 bits per heavy atom. The van der Waals surface area contributed by atoms with Gasteiger partial charge in [-0.15, -0.1) is 0 Å². The van der Waals surface area contributed by atoms with E-state index in [0.29, 0.717) is 6.61 Å². The van der Waals surface area contributed by atoms with Crippen LogP contribution in [0.2, 0.25) is 0 Å². The van der Waals surface area contributed by atoms with E-state index in [9.17, 15) is 5.11 Å². The first-order chi connectivity index (χ1) is 9.24. The van der Waals surface area contributed by atoms with Crippen LogP contribution in [0.3, 0.4) is 0 Å². The molecule has 2 aromatic rings. The lowest BCUT2D eigenvalue weighted by atomic mass is 10.1. The second-order valence-corrected chi connectivity index (χ2v) is 5.54. The van der Waals surface area contributed by atoms with Crippen LogP contribution >= 0.6 is 11.3 Å². The van der Waals surface area contributed by atoms with Gasteiger partial charge in [0.1, 0.15) is 5.75 Å². The average Bonchev–Trinajstić information content (AvgIpc) is 2.91. The smallest absolute Gasteiger partial charge is 0.119 e. The molecule has 1 atom stereocenters. The Morgan fingerprint density at radius 1 is 1.11 bits per heavy atom. The number of hydrogen-bond acceptors (Lipinski definition) is 3. The highest BCUT2D eigenvalue weighted by Crippen LogP contribution is 2.15. The lowest BCUT2D eigenvalue weighted by Gasteiger charge is -2.07. The second-order valence-electron chi connectivity index (χ2n) is 4.76. The van der Waals surface area contributed by atoms with Crippen LogP contribution in [0.4, 0.5) is 0 Å². The molecule has 0 radical (unpaired) electrons. The molecule has 0 aliphatic carbocycles. The molecule has 1 aromatic heterocycles. The van der Waals surface area contributed by atoms with Crippen LogP contribution < -0.4 is 4.74 Å². The molecule has 0 spiro atoms. The van der Waals surface area contributed by atoms with E-state index in [2.05, 4.69) is 29.0 Å². The molecule has 2 nitrogen and oxygen atoms in total. The lowest BCUT2D eigenvalue weighted by Crippen LogP contribution is -2.02. The van der Waals surface area contributed by atoms with Crippen LogP contribution in [-0.2, 0) is 12.8 Å². The molecular weight excluding hydrogens is 256 g/mol. The number of hydrogen-bond donors (Lipinski definition) is 1. The second kappa shape index (κ2) is 7.31. The SMILES string of the molecule is CC(O)CCc1ccc(OCCc2ccsc2)cc1. The summed E-state index contributed by atoms with van der Waals surface area (Å²) in [5.41, 5.74) is 2.57. The van der Waals surface area contributed by atoms with Gasteiger partial charge in [0, 0.05) is 6.42 Å². The van der Waals surface area contributed by atoms with E-state index in [-0.39, 0.29) is 6.10 Å². The Hall–Kier alpha value is -1.32. The number of aliphatic hydroxyl groups is 1. The van der Waals surface area contributed by atoms with Crippen molar-refractivity contribution in [3.8, 4) is 5.75 Å². The molecule has 1 aromatic carbocycles. The van der Waals surface area contributed by atoms with E-state index in [4.69, 9.17) is 4.74 Å². The normalized spacial score (nSPS) is 12.3. The molecule has 1 heterocycles. The van der Waals surface area contributed by atoms with Crippen LogP contribution in [-0.4, -0.2) is 17.8 Å². The summed E-state index contributed by atoms with van der Waals surface area (Å²) in [5, 5.41) is 13.5. The largest absolute Gasteiger partial charge is 0.493 e. The fourth-order valence-corrected chi connectivity index (χ4v) is 2.55. The highest BCUT2D eigenvalue weighted by atomic mass is 32.1. The summed E-state index contributed by atoms with van der Waals surface area (Å²) in [5.74, 6) is 0.913. The van der Waals surface area contributed by atoms with Gasteiger partial charge in [0.25, 0.3) is 0 Å². The van der Waals surface area contributed by atoms with Crippen molar-refractivity contribution in [1.29, 1.82) is 0 Å². The highest BCUT2D eigenvalue weighted by molar-refractivity contribution is 7.07. The number of benzene rings is 1. The number of aryl methyl sites for hydroxylation is 1. The lowest BCUT2D eigenvalue weighted by molar-refractivity contribution is 0.185. The van der Waals surface area contributed by atoms with Gasteiger partial charge >= 0.3 is 0 Å². The zero-order valence-electron chi connectivity index (χ0n) is 11.2. The Bertz CT molecular complexity index is 460. The third-order valence-corrected chi connectivity index (χ3v) is 3.75. The predicted molar refractivity (Wildman–Crippen MR) is 80.0 cm³/mol. The minimum Gasteiger partial charge on any atom is -0.493 e. The molecule has 0 amide bonds. The number of aliphatic hydroxyl groups excluding tert-OH is 1. The van der Waals surface area contributed by atoms with Crippen molar-refractivity contribution in [2.75, 3.05) is 6.61 Å². The maximum absolute atomic E-state index is 9.25. The standard InChI is InChI=1S/C16H20O2S/c1-13(17)2-3-14-4-6-16(7-5-14)18-10-8-15-9-11-19-12-15/h4-7,9,11-13,17H,2-3,8,10H2,1H3. The molecule has 1 unspecified atom stereocenters. The molecule has 2 rings (SSSR count). The third-order valence-electron chi connectivity index (χ3n) is 3.01. The monoisotopic (exact) mass is 276 g/mol. The fourth-order valence-electron chi connectivity index (χ4n) is 1.85. The molecule has 3 heteroatoms. The minimum absolute atomic E-state index is 0.235. The average molecular weight is 276 g/mol. The number of ether oxygens (including phenoxy) is 1. The van der Waals surface area contributed by atoms with Crippen molar-refractivity contribution in [2.45, 2.75) is 32.3 Å². The molecule has 0 saturated carbocycles. The van der Waals surface area contributed by atoms with Gasteiger partial charge in [-0.05, 0) is 59.9 Å². The van der Waals surface area contributed by atoms with E-state index in [1.54, 1.807) is 11.3 Å². The van der Waals surface area contributed by atoms with Gasteiger partial charge in [-0.1, -0.05) is 12.1 Å². The fraction of sp³-hybridized carbons (Fsp3) is 0.375. The molecule has 0 fully saturated rings. The van der Waals surface area contributed by atoms with Crippen LogP contribution in [0.25, 0.3) is 0 Å². The van der Waals surface area contributed by atoms with E-state index >= 15 is 0 Å². The zero-order chi connectivity index (χ0) is 13.5. The first-order valence-electron chi connectivity index (χ1n) is 6.65. The minimum atomic E-state index is -0.235. The Kier molecular flexibility index (Phi) is 5.43.